The molecule has 0 heterocycles. The molecule has 0 amide bonds. The molecule has 0 aliphatic heterocycles. The highest BCUT2D eigenvalue weighted by Gasteiger charge is 2.18. The largest absolute Gasteiger partial charge is 0.461 e. The molecule has 0 saturated carbocycles. The molecule has 45 heavy (non-hydrogen) atoms. The van der Waals surface area contributed by atoms with Crippen LogP contribution in [0.3, 0.4) is 0 Å². The van der Waals surface area contributed by atoms with Crippen LogP contribution in [0.25, 0.3) is 0 Å². The Labute approximate surface area is 274 Å². The summed E-state index contributed by atoms with van der Waals surface area (Å²) in [7, 11) is 0. The van der Waals surface area contributed by atoms with E-state index in [1.807, 2.05) is 30.4 Å². The Balaban J connectivity index is 4.66. The molecule has 1 unspecified atom stereocenters. The summed E-state index contributed by atoms with van der Waals surface area (Å²) < 4.78 is 16.2. The van der Waals surface area contributed by atoms with Crippen LogP contribution >= 0.6 is 0 Å². The molecule has 0 radical (unpaired) electrons. The van der Waals surface area contributed by atoms with Crippen molar-refractivity contribution in [3.05, 3.63) is 72.9 Å². The Hall–Kier alpha value is -3.15. The van der Waals surface area contributed by atoms with Crippen molar-refractivity contribution in [1.29, 1.82) is 0 Å². The Morgan fingerprint density at radius 3 is 1.44 bits per heavy atom. The lowest BCUT2D eigenvalue weighted by molar-refractivity contribution is -0.165. The first-order chi connectivity index (χ1) is 22.0. The van der Waals surface area contributed by atoms with Crippen LogP contribution in [-0.4, -0.2) is 37.2 Å². The Bertz CT molecular complexity index is 908. The topological polar surface area (TPSA) is 78.9 Å². The Morgan fingerprint density at radius 2 is 0.867 bits per heavy atom. The molecule has 0 bridgehead atoms. The highest BCUT2D eigenvalue weighted by molar-refractivity contribution is 5.73. The molecule has 6 heteroatoms. The van der Waals surface area contributed by atoms with Crippen LogP contribution in [0, 0.1) is 0 Å². The third kappa shape index (κ3) is 32.1. The van der Waals surface area contributed by atoms with E-state index >= 15 is 0 Å². The fourth-order valence-electron chi connectivity index (χ4n) is 4.15. The number of carbonyl (C=O) groups excluding carboxylic acids is 3. The first kappa shape index (κ1) is 41.9. The average Bonchev–Trinajstić information content (AvgIpc) is 3.03. The van der Waals surface area contributed by atoms with E-state index in [1.54, 1.807) is 12.2 Å². The lowest BCUT2D eigenvalue weighted by Gasteiger charge is -2.17. The number of hydrogen-bond donors (Lipinski definition) is 0. The van der Waals surface area contributed by atoms with E-state index in [0.717, 1.165) is 44.9 Å². The average molecular weight is 627 g/mol. The van der Waals surface area contributed by atoms with Crippen molar-refractivity contribution in [2.75, 3.05) is 13.2 Å². The van der Waals surface area contributed by atoms with Crippen LogP contribution in [-0.2, 0) is 28.6 Å². The molecule has 0 rings (SSSR count). The summed E-state index contributed by atoms with van der Waals surface area (Å²) in [4.78, 5) is 37.0. The van der Waals surface area contributed by atoms with Crippen LogP contribution in [0.1, 0.15) is 136 Å². The maximum atomic E-state index is 12.5. The number of rotatable bonds is 29. The van der Waals surface area contributed by atoms with Gasteiger partial charge in [0.2, 0.25) is 0 Å². The first-order valence-corrected chi connectivity index (χ1v) is 17.4. The molecule has 0 aliphatic rings. The molecule has 1 atom stereocenters. The van der Waals surface area contributed by atoms with Crippen molar-refractivity contribution in [3.8, 4) is 0 Å². The number of carbonyl (C=O) groups is 3. The van der Waals surface area contributed by atoms with Gasteiger partial charge in [0.15, 0.2) is 6.10 Å². The molecule has 0 saturated heterocycles. The SMILES string of the molecule is CC/C=C\C/C=C\C/C=C\CC(=O)OCC(COC(=O)C/C=C\CCCCCCCC)OC(=O)C/C=C\C/C=C\CCCCC. The highest BCUT2D eigenvalue weighted by Crippen LogP contribution is 2.08. The van der Waals surface area contributed by atoms with Gasteiger partial charge >= 0.3 is 17.9 Å². The molecule has 0 N–H and O–H groups in total. The number of hydrogen-bond acceptors (Lipinski definition) is 6. The standard InChI is InChI=1S/C39H62O6/c1-4-7-10-13-16-19-22-25-28-31-37(40)43-34-36(45-39(42)33-30-27-24-21-18-15-12-9-6-3)35-44-38(41)32-29-26-23-20-17-14-11-8-5-2/h7,10,16,18-19,21,25-30,36H,4-6,8-9,11-15,17,20,22-24,31-35H2,1-3H3/b10-7-,19-16-,21-18-,28-25-,29-26-,30-27-. The zero-order valence-corrected chi connectivity index (χ0v) is 28.6. The predicted molar refractivity (Wildman–Crippen MR) is 187 cm³/mol. The minimum absolute atomic E-state index is 0.0910. The predicted octanol–water partition coefficient (Wildman–Crippen LogP) is 10.4. The minimum Gasteiger partial charge on any atom is -0.461 e. The van der Waals surface area contributed by atoms with E-state index in [1.165, 1.54) is 51.4 Å². The van der Waals surface area contributed by atoms with Crippen molar-refractivity contribution >= 4 is 17.9 Å². The van der Waals surface area contributed by atoms with E-state index in [9.17, 15) is 14.4 Å². The van der Waals surface area contributed by atoms with Crippen LogP contribution in [0.4, 0.5) is 0 Å². The third-order valence-electron chi connectivity index (χ3n) is 6.76. The molecular weight excluding hydrogens is 564 g/mol. The summed E-state index contributed by atoms with van der Waals surface area (Å²) in [6.07, 6.45) is 39.8. The maximum Gasteiger partial charge on any atom is 0.310 e. The summed E-state index contributed by atoms with van der Waals surface area (Å²) >= 11 is 0. The number of allylic oxidation sites excluding steroid dienone is 9. The van der Waals surface area contributed by atoms with Crippen LogP contribution in [0.2, 0.25) is 0 Å². The van der Waals surface area contributed by atoms with Crippen molar-refractivity contribution in [2.45, 2.75) is 142 Å². The molecule has 6 nitrogen and oxygen atoms in total. The zero-order chi connectivity index (χ0) is 33.1. The summed E-state index contributed by atoms with van der Waals surface area (Å²) in [5.74, 6) is -1.31. The lowest BCUT2D eigenvalue weighted by atomic mass is 10.1. The molecule has 0 aliphatic carbocycles. The summed E-state index contributed by atoms with van der Waals surface area (Å²) in [5.41, 5.74) is 0. The van der Waals surface area contributed by atoms with Crippen molar-refractivity contribution in [3.63, 3.8) is 0 Å². The first-order valence-electron chi connectivity index (χ1n) is 17.4. The van der Waals surface area contributed by atoms with E-state index < -0.39 is 24.0 Å². The molecule has 0 aromatic carbocycles. The summed E-state index contributed by atoms with van der Waals surface area (Å²) in [6.45, 7) is 6.16. The highest BCUT2D eigenvalue weighted by atomic mass is 16.6. The molecule has 0 aromatic heterocycles. The van der Waals surface area contributed by atoms with Gasteiger partial charge in [0, 0.05) is 0 Å². The second-order valence-corrected chi connectivity index (χ2v) is 11.1. The number of ether oxygens (including phenoxy) is 3. The van der Waals surface area contributed by atoms with E-state index in [4.69, 9.17) is 14.2 Å². The lowest BCUT2D eigenvalue weighted by Crippen LogP contribution is -2.30. The van der Waals surface area contributed by atoms with Crippen LogP contribution in [0.15, 0.2) is 72.9 Å². The van der Waals surface area contributed by atoms with E-state index in [0.29, 0.717) is 0 Å². The Kier molecular flexibility index (Phi) is 31.4. The third-order valence-corrected chi connectivity index (χ3v) is 6.76. The van der Waals surface area contributed by atoms with Gasteiger partial charge in [0.25, 0.3) is 0 Å². The van der Waals surface area contributed by atoms with Gasteiger partial charge in [-0.3, -0.25) is 14.4 Å². The van der Waals surface area contributed by atoms with Gasteiger partial charge < -0.3 is 14.2 Å². The van der Waals surface area contributed by atoms with Gasteiger partial charge in [-0.1, -0.05) is 139 Å². The van der Waals surface area contributed by atoms with Gasteiger partial charge in [-0.2, -0.15) is 0 Å². The van der Waals surface area contributed by atoms with Crippen molar-refractivity contribution in [1.82, 2.24) is 0 Å². The molecular formula is C39H62O6. The van der Waals surface area contributed by atoms with Gasteiger partial charge in [-0.15, -0.1) is 0 Å². The van der Waals surface area contributed by atoms with Crippen molar-refractivity contribution in [2.24, 2.45) is 0 Å². The zero-order valence-electron chi connectivity index (χ0n) is 28.6. The quantitative estimate of drug-likeness (QED) is 0.0356. The van der Waals surface area contributed by atoms with E-state index in [-0.39, 0.29) is 32.5 Å². The second kappa shape index (κ2) is 33.7. The van der Waals surface area contributed by atoms with Gasteiger partial charge in [-0.25, -0.2) is 0 Å². The van der Waals surface area contributed by atoms with Gasteiger partial charge in [0.05, 0.1) is 19.3 Å². The number of unbranched alkanes of at least 4 members (excludes halogenated alkanes) is 9. The molecule has 254 valence electrons. The minimum atomic E-state index is -0.868. The maximum absolute atomic E-state index is 12.5. The fourth-order valence-corrected chi connectivity index (χ4v) is 4.15. The monoisotopic (exact) mass is 626 g/mol. The number of esters is 3. The summed E-state index contributed by atoms with van der Waals surface area (Å²) in [5, 5.41) is 0. The van der Waals surface area contributed by atoms with E-state index in [2.05, 4.69) is 51.2 Å². The van der Waals surface area contributed by atoms with Crippen LogP contribution < -0.4 is 0 Å². The van der Waals surface area contributed by atoms with Gasteiger partial charge in [-0.05, 0) is 51.4 Å². The van der Waals surface area contributed by atoms with Crippen molar-refractivity contribution < 1.29 is 28.6 Å². The smallest absolute Gasteiger partial charge is 0.310 e. The van der Waals surface area contributed by atoms with Crippen LogP contribution in [0.5, 0.6) is 0 Å². The molecule has 0 aromatic rings. The second-order valence-electron chi connectivity index (χ2n) is 11.1. The van der Waals surface area contributed by atoms with Gasteiger partial charge in [0.1, 0.15) is 13.2 Å². The Morgan fingerprint density at radius 1 is 0.467 bits per heavy atom. The molecule has 0 spiro atoms. The normalized spacial score (nSPS) is 12.9. The molecule has 0 fully saturated rings. The summed E-state index contributed by atoms with van der Waals surface area (Å²) in [6, 6.07) is 0. The fraction of sp³-hybridized carbons (Fsp3) is 0.615.